The highest BCUT2D eigenvalue weighted by molar-refractivity contribution is 5.75. The fourth-order valence-electron chi connectivity index (χ4n) is 2.15. The third-order valence-corrected chi connectivity index (χ3v) is 3.31. The van der Waals surface area contributed by atoms with Crippen LogP contribution in [-0.4, -0.2) is 25.2 Å². The van der Waals surface area contributed by atoms with Crippen molar-refractivity contribution in [1.82, 2.24) is 24.6 Å². The summed E-state index contributed by atoms with van der Waals surface area (Å²) >= 11 is 0. The van der Waals surface area contributed by atoms with Gasteiger partial charge in [-0.25, -0.2) is 0 Å². The van der Waals surface area contributed by atoms with E-state index < -0.39 is 0 Å². The first kappa shape index (κ1) is 14.1. The summed E-state index contributed by atoms with van der Waals surface area (Å²) in [5.74, 6) is -0.0208. The van der Waals surface area contributed by atoms with Gasteiger partial charge in [0, 0.05) is 43.9 Å². The highest BCUT2D eigenvalue weighted by atomic mass is 16.1. The summed E-state index contributed by atoms with van der Waals surface area (Å²) in [7, 11) is 1.87. The number of rotatable bonds is 5. The van der Waals surface area contributed by atoms with Gasteiger partial charge in [-0.15, -0.1) is 0 Å². The van der Waals surface area contributed by atoms with E-state index >= 15 is 0 Å². The van der Waals surface area contributed by atoms with E-state index in [9.17, 15) is 4.79 Å². The van der Waals surface area contributed by atoms with E-state index in [0.29, 0.717) is 13.1 Å². The van der Waals surface area contributed by atoms with Crippen LogP contribution in [0, 0.1) is 0 Å². The molecule has 0 aliphatic rings. The molecule has 3 heterocycles. The second-order valence-electron chi connectivity index (χ2n) is 5.09. The van der Waals surface area contributed by atoms with E-state index in [4.69, 9.17) is 0 Å². The van der Waals surface area contributed by atoms with Gasteiger partial charge in [0.15, 0.2) is 0 Å². The van der Waals surface area contributed by atoms with E-state index in [-0.39, 0.29) is 5.91 Å². The number of carbonyl (C=O) groups excluding carboxylic acids is 1. The van der Waals surface area contributed by atoms with Crippen molar-refractivity contribution < 1.29 is 4.79 Å². The van der Waals surface area contributed by atoms with Crippen LogP contribution in [0.2, 0.25) is 0 Å². The summed E-state index contributed by atoms with van der Waals surface area (Å²) in [5, 5.41) is 7.01. The summed E-state index contributed by atoms with van der Waals surface area (Å²) in [4.78, 5) is 16.2. The second-order valence-corrected chi connectivity index (χ2v) is 5.09. The number of carbonyl (C=O) groups is 1. The fraction of sp³-hybridized carbons (Fsp3) is 0.188. The largest absolute Gasteiger partial charge is 0.350 e. The zero-order valence-corrected chi connectivity index (χ0v) is 12.3. The second kappa shape index (κ2) is 6.26. The molecule has 0 spiro atoms. The van der Waals surface area contributed by atoms with E-state index in [1.165, 1.54) is 0 Å². The van der Waals surface area contributed by atoms with Gasteiger partial charge in [-0.1, -0.05) is 6.07 Å². The third-order valence-electron chi connectivity index (χ3n) is 3.31. The predicted octanol–water partition coefficient (Wildman–Crippen LogP) is 1.60. The van der Waals surface area contributed by atoms with Gasteiger partial charge < -0.3 is 9.88 Å². The Morgan fingerprint density at radius 2 is 2.05 bits per heavy atom. The summed E-state index contributed by atoms with van der Waals surface area (Å²) in [6.07, 6.45) is 9.20. The predicted molar refractivity (Wildman–Crippen MR) is 82.7 cm³/mol. The Bertz CT molecular complexity index is 743. The van der Waals surface area contributed by atoms with E-state index in [1.807, 2.05) is 54.5 Å². The monoisotopic (exact) mass is 295 g/mol. The number of pyridine rings is 1. The number of aryl methyl sites for hydroxylation is 1. The Morgan fingerprint density at radius 3 is 2.68 bits per heavy atom. The molecule has 3 rings (SSSR count). The molecule has 0 fully saturated rings. The van der Waals surface area contributed by atoms with Crippen molar-refractivity contribution in [3.05, 3.63) is 60.8 Å². The molecule has 0 radical (unpaired) electrons. The maximum Gasteiger partial charge on any atom is 0.240 e. The van der Waals surface area contributed by atoms with Crippen LogP contribution in [0.4, 0.5) is 0 Å². The lowest BCUT2D eigenvalue weighted by atomic mass is 10.2. The minimum absolute atomic E-state index is 0.0208. The average Bonchev–Trinajstić information content (AvgIpc) is 3.17. The molecule has 0 aliphatic heterocycles. The summed E-state index contributed by atoms with van der Waals surface area (Å²) in [6.45, 7) is 0.800. The van der Waals surface area contributed by atoms with Gasteiger partial charge in [-0.05, 0) is 23.8 Å². The quantitative estimate of drug-likeness (QED) is 0.777. The fourth-order valence-corrected chi connectivity index (χ4v) is 2.15. The highest BCUT2D eigenvalue weighted by Crippen LogP contribution is 2.15. The van der Waals surface area contributed by atoms with Crippen molar-refractivity contribution in [2.45, 2.75) is 13.1 Å². The Balaban J connectivity index is 1.56. The molecule has 6 nitrogen and oxygen atoms in total. The molecule has 0 saturated heterocycles. The molecule has 3 aromatic rings. The molecule has 0 unspecified atom stereocenters. The summed E-state index contributed by atoms with van der Waals surface area (Å²) in [5.41, 5.74) is 2.81. The van der Waals surface area contributed by atoms with Gasteiger partial charge in [0.2, 0.25) is 5.91 Å². The van der Waals surface area contributed by atoms with Gasteiger partial charge in [0.05, 0.1) is 11.9 Å². The molecular weight excluding hydrogens is 278 g/mol. The van der Waals surface area contributed by atoms with E-state index in [0.717, 1.165) is 16.8 Å². The summed E-state index contributed by atoms with van der Waals surface area (Å²) < 4.78 is 3.57. The number of amides is 1. The van der Waals surface area contributed by atoms with Crippen LogP contribution in [0.25, 0.3) is 11.3 Å². The van der Waals surface area contributed by atoms with Crippen molar-refractivity contribution in [3.8, 4) is 11.3 Å². The molecule has 112 valence electrons. The highest BCUT2D eigenvalue weighted by Gasteiger charge is 2.04. The third kappa shape index (κ3) is 3.41. The first-order valence-corrected chi connectivity index (χ1v) is 7.02. The molecule has 0 aliphatic carbocycles. The minimum atomic E-state index is -0.0208. The molecule has 0 aromatic carbocycles. The average molecular weight is 295 g/mol. The maximum absolute atomic E-state index is 11.8. The van der Waals surface area contributed by atoms with Crippen LogP contribution in [0.1, 0.15) is 5.56 Å². The number of aromatic nitrogens is 4. The first-order valence-electron chi connectivity index (χ1n) is 7.02. The van der Waals surface area contributed by atoms with Gasteiger partial charge in [-0.2, -0.15) is 5.10 Å². The lowest BCUT2D eigenvalue weighted by molar-refractivity contribution is -0.121. The molecule has 6 heteroatoms. The van der Waals surface area contributed by atoms with Crippen molar-refractivity contribution in [2.75, 3.05) is 0 Å². The number of hydrogen-bond acceptors (Lipinski definition) is 3. The van der Waals surface area contributed by atoms with Gasteiger partial charge in [0.25, 0.3) is 0 Å². The van der Waals surface area contributed by atoms with E-state index in [1.54, 1.807) is 17.1 Å². The van der Waals surface area contributed by atoms with E-state index in [2.05, 4.69) is 15.4 Å². The van der Waals surface area contributed by atoms with Crippen molar-refractivity contribution in [1.29, 1.82) is 0 Å². The van der Waals surface area contributed by atoms with Crippen LogP contribution < -0.4 is 5.32 Å². The molecule has 1 N–H and O–H groups in total. The van der Waals surface area contributed by atoms with Crippen LogP contribution in [-0.2, 0) is 24.9 Å². The normalized spacial score (nSPS) is 10.6. The SMILES string of the molecule is Cn1cc(-c2ccc(CNC(=O)Cn3cccc3)cn2)cn1. The zero-order valence-electron chi connectivity index (χ0n) is 12.3. The number of nitrogens with zero attached hydrogens (tertiary/aromatic N) is 4. The minimum Gasteiger partial charge on any atom is -0.350 e. The van der Waals surface area contributed by atoms with Crippen LogP contribution in [0.5, 0.6) is 0 Å². The standard InChI is InChI=1S/C16H17N5O/c1-20-11-14(10-19-20)15-5-4-13(8-17-15)9-18-16(22)12-21-6-2-3-7-21/h2-8,10-11H,9,12H2,1H3,(H,18,22). The van der Waals surface area contributed by atoms with Crippen molar-refractivity contribution in [2.24, 2.45) is 7.05 Å². The lowest BCUT2D eigenvalue weighted by Crippen LogP contribution is -2.26. The van der Waals surface area contributed by atoms with Crippen LogP contribution in [0.15, 0.2) is 55.2 Å². The maximum atomic E-state index is 11.8. The molecule has 1 amide bonds. The zero-order chi connectivity index (χ0) is 15.4. The molecule has 0 saturated carbocycles. The topological polar surface area (TPSA) is 64.7 Å². The van der Waals surface area contributed by atoms with Gasteiger partial charge >= 0.3 is 0 Å². The Hall–Kier alpha value is -2.89. The molecule has 3 aromatic heterocycles. The van der Waals surface area contributed by atoms with Gasteiger partial charge in [0.1, 0.15) is 6.54 Å². The Kier molecular flexibility index (Phi) is 4.00. The molecular formula is C16H17N5O. The van der Waals surface area contributed by atoms with Crippen molar-refractivity contribution >= 4 is 5.91 Å². The van der Waals surface area contributed by atoms with Crippen LogP contribution >= 0.6 is 0 Å². The smallest absolute Gasteiger partial charge is 0.240 e. The van der Waals surface area contributed by atoms with Crippen molar-refractivity contribution in [3.63, 3.8) is 0 Å². The van der Waals surface area contributed by atoms with Gasteiger partial charge in [-0.3, -0.25) is 14.5 Å². The Labute approximate surface area is 128 Å². The Morgan fingerprint density at radius 1 is 1.23 bits per heavy atom. The molecule has 0 atom stereocenters. The van der Waals surface area contributed by atoms with Crippen LogP contribution in [0.3, 0.4) is 0 Å². The lowest BCUT2D eigenvalue weighted by Gasteiger charge is -2.06. The first-order chi connectivity index (χ1) is 10.7. The summed E-state index contributed by atoms with van der Waals surface area (Å²) in [6, 6.07) is 7.69. The number of nitrogens with one attached hydrogen (secondary N) is 1. The molecule has 22 heavy (non-hydrogen) atoms. The molecule has 0 bridgehead atoms. The number of hydrogen-bond donors (Lipinski definition) is 1.